The largest absolute Gasteiger partial charge is 0.381 e. The second kappa shape index (κ2) is 7.71. The van der Waals surface area contributed by atoms with Crippen LogP contribution in [0, 0.1) is 45.3 Å². The summed E-state index contributed by atoms with van der Waals surface area (Å²) >= 11 is 0. The number of ether oxygens (including phenoxy) is 1. The Hall–Kier alpha value is -0.630. The van der Waals surface area contributed by atoms with Crippen LogP contribution in [0.1, 0.15) is 106 Å². The molecule has 0 bridgehead atoms. The predicted octanol–water partition coefficient (Wildman–Crippen LogP) is 7.61. The molecule has 176 valence electrons. The zero-order valence-corrected chi connectivity index (χ0v) is 21.6. The number of hydrogen-bond donors (Lipinski definition) is 0. The molecule has 0 N–H and O–H groups in total. The topological polar surface area (TPSA) is 26.3 Å². The van der Waals surface area contributed by atoms with Crippen molar-refractivity contribution in [1.29, 1.82) is 0 Å². The molecule has 0 radical (unpaired) electrons. The number of carbonyl (C=O) groups excluding carboxylic acids is 1. The maximum Gasteiger partial charge on any atom is 0.129 e. The van der Waals surface area contributed by atoms with Gasteiger partial charge in [-0.05, 0) is 104 Å². The van der Waals surface area contributed by atoms with E-state index in [4.69, 9.17) is 4.74 Å². The van der Waals surface area contributed by atoms with Crippen LogP contribution in [0.2, 0.25) is 0 Å². The van der Waals surface area contributed by atoms with Crippen molar-refractivity contribution in [3.05, 3.63) is 11.6 Å². The van der Waals surface area contributed by atoms with Gasteiger partial charge < -0.3 is 9.53 Å². The van der Waals surface area contributed by atoms with E-state index in [1.807, 2.05) is 12.7 Å². The zero-order valence-electron chi connectivity index (χ0n) is 21.6. The van der Waals surface area contributed by atoms with Gasteiger partial charge in [0.25, 0.3) is 0 Å². The maximum atomic E-state index is 11.6. The highest BCUT2D eigenvalue weighted by atomic mass is 16.5. The van der Waals surface area contributed by atoms with Gasteiger partial charge in [0.05, 0.1) is 6.10 Å². The Morgan fingerprint density at radius 1 is 1.06 bits per heavy atom. The fourth-order valence-corrected chi connectivity index (χ4v) is 9.71. The molecular weight excluding hydrogens is 380 g/mol. The van der Waals surface area contributed by atoms with Crippen molar-refractivity contribution in [2.24, 2.45) is 45.3 Å². The molecule has 0 amide bonds. The average molecular weight is 429 g/mol. The average Bonchev–Trinajstić information content (AvgIpc) is 2.97. The number of allylic oxidation sites excluding steroid dienone is 2. The van der Waals surface area contributed by atoms with Crippen LogP contribution in [0.25, 0.3) is 0 Å². The molecule has 0 unspecified atom stereocenters. The van der Waals surface area contributed by atoms with Crippen LogP contribution >= 0.6 is 0 Å². The molecule has 0 aromatic carbocycles. The normalized spacial score (nSPS) is 47.0. The zero-order chi connectivity index (χ0) is 22.8. The molecule has 2 nitrogen and oxygen atoms in total. The molecule has 4 rings (SSSR count). The predicted molar refractivity (Wildman–Crippen MR) is 129 cm³/mol. The number of methoxy groups -OCH3 is 1. The SMILES string of the molecule is CO[C@H]1CC[C@]2(C)C3=CC[C@]4(C)[C@@H]([C@H](C)CCC(C)=O)CC[C@@]4(C)[C@@H]3CC[C@H]2C1(C)C. The number of Topliss-reactive ketones (excluding diaryl/α,β-unsaturated/α-hetero) is 1. The Bertz CT molecular complexity index is 750. The lowest BCUT2D eigenvalue weighted by molar-refractivity contribution is -0.130. The highest BCUT2D eigenvalue weighted by Gasteiger charge is 2.65. The molecule has 0 aromatic heterocycles. The van der Waals surface area contributed by atoms with E-state index in [1.54, 1.807) is 6.92 Å². The van der Waals surface area contributed by atoms with E-state index in [9.17, 15) is 4.79 Å². The molecule has 0 saturated heterocycles. The first kappa shape index (κ1) is 23.5. The number of fused-ring (bicyclic) bond motifs is 5. The van der Waals surface area contributed by atoms with Gasteiger partial charge in [-0.15, -0.1) is 0 Å². The van der Waals surface area contributed by atoms with Crippen molar-refractivity contribution in [1.82, 2.24) is 0 Å². The highest BCUT2D eigenvalue weighted by molar-refractivity contribution is 5.75. The third-order valence-corrected chi connectivity index (χ3v) is 11.7. The summed E-state index contributed by atoms with van der Waals surface area (Å²) in [5, 5.41) is 0. The molecular formula is C29H48O2. The van der Waals surface area contributed by atoms with Crippen LogP contribution in [-0.4, -0.2) is 19.0 Å². The van der Waals surface area contributed by atoms with E-state index in [0.29, 0.717) is 34.1 Å². The highest BCUT2D eigenvalue weighted by Crippen LogP contribution is 2.73. The summed E-state index contributed by atoms with van der Waals surface area (Å²) < 4.78 is 5.98. The van der Waals surface area contributed by atoms with Crippen LogP contribution in [0.3, 0.4) is 0 Å². The lowest BCUT2D eigenvalue weighted by Crippen LogP contribution is -2.58. The lowest BCUT2D eigenvalue weighted by Gasteiger charge is -2.64. The van der Waals surface area contributed by atoms with E-state index < -0.39 is 0 Å². The van der Waals surface area contributed by atoms with E-state index >= 15 is 0 Å². The van der Waals surface area contributed by atoms with Crippen molar-refractivity contribution in [3.63, 3.8) is 0 Å². The van der Waals surface area contributed by atoms with Crippen LogP contribution in [0.4, 0.5) is 0 Å². The van der Waals surface area contributed by atoms with Gasteiger partial charge in [0.15, 0.2) is 0 Å². The van der Waals surface area contributed by atoms with E-state index in [1.165, 1.54) is 44.9 Å². The van der Waals surface area contributed by atoms with Gasteiger partial charge >= 0.3 is 0 Å². The van der Waals surface area contributed by atoms with Gasteiger partial charge in [-0.3, -0.25) is 0 Å². The fourth-order valence-electron chi connectivity index (χ4n) is 9.71. The third-order valence-electron chi connectivity index (χ3n) is 11.7. The summed E-state index contributed by atoms with van der Waals surface area (Å²) in [6.07, 6.45) is 14.1. The second-order valence-corrected chi connectivity index (χ2v) is 13.2. The summed E-state index contributed by atoms with van der Waals surface area (Å²) in [4.78, 5) is 11.6. The van der Waals surface area contributed by atoms with Gasteiger partial charge in [-0.2, -0.15) is 0 Å². The van der Waals surface area contributed by atoms with Crippen molar-refractivity contribution < 1.29 is 9.53 Å². The van der Waals surface area contributed by atoms with E-state index in [2.05, 4.69) is 47.6 Å². The Balaban J connectivity index is 1.65. The number of rotatable bonds is 5. The standard InChI is InChI=1S/C29H48O2/c1-19(9-10-20(2)30)21-13-17-29(7)23-11-12-24-26(3,4)25(31-8)15-16-27(24,5)22(23)14-18-28(21,29)6/h14,19,21,23-25H,9-13,15-18H2,1-8H3/t19-,21-,23-,24+,25+,27-,28-,29+/m1/s1. The molecule has 4 aliphatic carbocycles. The first-order chi connectivity index (χ1) is 14.4. The molecule has 3 saturated carbocycles. The molecule has 0 spiro atoms. The van der Waals surface area contributed by atoms with Crippen LogP contribution in [0.15, 0.2) is 11.6 Å². The minimum absolute atomic E-state index is 0.245. The molecule has 2 heteroatoms. The van der Waals surface area contributed by atoms with Crippen molar-refractivity contribution in [2.45, 2.75) is 112 Å². The monoisotopic (exact) mass is 428 g/mol. The van der Waals surface area contributed by atoms with Gasteiger partial charge in [-0.25, -0.2) is 0 Å². The van der Waals surface area contributed by atoms with Crippen molar-refractivity contribution in [2.75, 3.05) is 7.11 Å². The van der Waals surface area contributed by atoms with Gasteiger partial charge in [0.2, 0.25) is 0 Å². The smallest absolute Gasteiger partial charge is 0.129 e. The van der Waals surface area contributed by atoms with Crippen LogP contribution in [0.5, 0.6) is 0 Å². The van der Waals surface area contributed by atoms with Crippen molar-refractivity contribution >= 4 is 5.78 Å². The summed E-state index contributed by atoms with van der Waals surface area (Å²) in [7, 11) is 1.92. The summed E-state index contributed by atoms with van der Waals surface area (Å²) in [6, 6.07) is 0. The summed E-state index contributed by atoms with van der Waals surface area (Å²) in [6.45, 7) is 17.0. The molecule has 3 fully saturated rings. The van der Waals surface area contributed by atoms with Gasteiger partial charge in [0.1, 0.15) is 5.78 Å². The van der Waals surface area contributed by atoms with Gasteiger partial charge in [0, 0.05) is 13.5 Å². The first-order valence-corrected chi connectivity index (χ1v) is 13.1. The quantitative estimate of drug-likeness (QED) is 0.421. The van der Waals surface area contributed by atoms with Crippen molar-refractivity contribution in [3.8, 4) is 0 Å². The molecule has 0 aromatic rings. The maximum absolute atomic E-state index is 11.6. The molecule has 8 atom stereocenters. The number of carbonyl (C=O) groups is 1. The number of ketones is 1. The van der Waals surface area contributed by atoms with E-state index in [0.717, 1.165) is 30.6 Å². The van der Waals surface area contributed by atoms with Crippen LogP contribution in [-0.2, 0) is 9.53 Å². The lowest BCUT2D eigenvalue weighted by atomic mass is 9.41. The van der Waals surface area contributed by atoms with Gasteiger partial charge in [-0.1, -0.05) is 53.2 Å². The number of hydrogen-bond acceptors (Lipinski definition) is 2. The Morgan fingerprint density at radius 3 is 2.42 bits per heavy atom. The minimum atomic E-state index is 0.245. The Labute approximate surface area is 192 Å². The summed E-state index contributed by atoms with van der Waals surface area (Å²) in [5.41, 5.74) is 3.18. The Kier molecular flexibility index (Phi) is 5.85. The minimum Gasteiger partial charge on any atom is -0.381 e. The molecule has 4 aliphatic rings. The van der Waals surface area contributed by atoms with Crippen LogP contribution < -0.4 is 0 Å². The molecule has 0 heterocycles. The molecule has 0 aliphatic heterocycles. The first-order valence-electron chi connectivity index (χ1n) is 13.1. The third kappa shape index (κ3) is 3.24. The summed E-state index contributed by atoms with van der Waals surface area (Å²) in [5.74, 6) is 3.21. The second-order valence-electron chi connectivity index (χ2n) is 13.2. The fraction of sp³-hybridized carbons (Fsp3) is 0.897. The Morgan fingerprint density at radius 2 is 1.77 bits per heavy atom. The molecule has 31 heavy (non-hydrogen) atoms. The van der Waals surface area contributed by atoms with E-state index in [-0.39, 0.29) is 5.41 Å².